The third-order valence-electron chi connectivity index (χ3n) is 4.43. The minimum atomic E-state index is -1.42. The van der Waals surface area contributed by atoms with E-state index in [1.807, 2.05) is 17.5 Å². The molecule has 2 fully saturated rings. The molecule has 0 unspecified atom stereocenters. The fourth-order valence-electron chi connectivity index (χ4n) is 3.60. The maximum Gasteiger partial charge on any atom is 0.293 e. The molecule has 3 aliphatic rings. The smallest absolute Gasteiger partial charge is 0.293 e. The van der Waals surface area contributed by atoms with Gasteiger partial charge in [0.1, 0.15) is 5.84 Å². The highest BCUT2D eigenvalue weighted by atomic mass is 32.1. The molecule has 7 heteroatoms. The van der Waals surface area contributed by atoms with Crippen LogP contribution < -0.4 is 5.73 Å². The quantitative estimate of drug-likeness (QED) is 0.827. The second-order valence-corrected chi connectivity index (χ2v) is 6.04. The van der Waals surface area contributed by atoms with E-state index in [4.69, 9.17) is 15.2 Å². The van der Waals surface area contributed by atoms with Crippen molar-refractivity contribution in [3.8, 4) is 12.1 Å². The van der Waals surface area contributed by atoms with Crippen LogP contribution in [0.5, 0.6) is 0 Å². The molecule has 6 nitrogen and oxygen atoms in total. The predicted molar refractivity (Wildman–Crippen MR) is 69.4 cm³/mol. The van der Waals surface area contributed by atoms with Crippen LogP contribution in [0.3, 0.4) is 0 Å². The summed E-state index contributed by atoms with van der Waals surface area (Å²) in [4.78, 5) is 5.14. The molecule has 1 saturated carbocycles. The summed E-state index contributed by atoms with van der Waals surface area (Å²) in [5.41, 5.74) is 3.68. The number of amidine groups is 1. The van der Waals surface area contributed by atoms with Crippen LogP contribution >= 0.6 is 11.3 Å². The fraction of sp³-hybridized carbons (Fsp3) is 0.462. The summed E-state index contributed by atoms with van der Waals surface area (Å²) in [5, 5.41) is 21.4. The highest BCUT2D eigenvalue weighted by Crippen LogP contribution is 2.82. The number of nitriles is 2. The molecule has 3 atom stereocenters. The molecule has 1 spiro atoms. The number of rotatable bonds is 1. The van der Waals surface area contributed by atoms with Gasteiger partial charge in [0.05, 0.1) is 25.4 Å². The van der Waals surface area contributed by atoms with Gasteiger partial charge in [-0.1, -0.05) is 6.07 Å². The maximum absolute atomic E-state index is 9.79. The van der Waals surface area contributed by atoms with Crippen molar-refractivity contribution in [1.82, 2.24) is 0 Å². The zero-order chi connectivity index (χ0) is 14.0. The van der Waals surface area contributed by atoms with Gasteiger partial charge in [0, 0.05) is 10.8 Å². The molecule has 1 aromatic heterocycles. The third kappa shape index (κ3) is 0.917. The van der Waals surface area contributed by atoms with E-state index in [-0.39, 0.29) is 11.8 Å². The minimum absolute atomic E-state index is 0.141. The normalized spacial score (nSPS) is 39.9. The van der Waals surface area contributed by atoms with E-state index in [1.165, 1.54) is 11.3 Å². The average molecular weight is 286 g/mol. The summed E-state index contributed by atoms with van der Waals surface area (Å²) in [6.07, 6.45) is 0. The Morgan fingerprint density at radius 1 is 1.35 bits per heavy atom. The highest BCUT2D eigenvalue weighted by Gasteiger charge is 2.94. The first-order valence-corrected chi connectivity index (χ1v) is 7.06. The van der Waals surface area contributed by atoms with Gasteiger partial charge in [0.2, 0.25) is 0 Å². The van der Waals surface area contributed by atoms with Crippen molar-refractivity contribution in [2.75, 3.05) is 13.2 Å². The monoisotopic (exact) mass is 286 g/mol. The van der Waals surface area contributed by atoms with Crippen molar-refractivity contribution in [3.05, 3.63) is 22.4 Å². The first-order chi connectivity index (χ1) is 9.68. The molecule has 0 bridgehead atoms. The van der Waals surface area contributed by atoms with E-state index in [9.17, 15) is 10.5 Å². The molecule has 100 valence electrons. The van der Waals surface area contributed by atoms with Gasteiger partial charge in [0.15, 0.2) is 10.8 Å². The molecule has 20 heavy (non-hydrogen) atoms. The number of nitrogens with zero attached hydrogens (tertiary/aromatic N) is 3. The molecule has 3 heterocycles. The van der Waals surface area contributed by atoms with E-state index < -0.39 is 16.7 Å². The van der Waals surface area contributed by atoms with Crippen LogP contribution in [0.25, 0.3) is 0 Å². The number of nitrogens with two attached hydrogens (primary N) is 1. The Kier molecular flexibility index (Phi) is 2.01. The topological polar surface area (TPSA) is 104 Å². The van der Waals surface area contributed by atoms with Crippen molar-refractivity contribution in [2.24, 2.45) is 21.6 Å². The van der Waals surface area contributed by atoms with Crippen LogP contribution in [0.4, 0.5) is 0 Å². The van der Waals surface area contributed by atoms with Gasteiger partial charge in [-0.15, -0.1) is 11.3 Å². The van der Waals surface area contributed by atoms with E-state index in [1.54, 1.807) is 0 Å². The standard InChI is InChI=1S/C13H10N4O2S/c14-6-11-9(8-2-1-5-20-8)12(11,7-15)13(17-10(11)16)18-3-4-19-13/h1-2,5,9H,3-4H2,(H2,16,17)/t9-,11-,12-/m1/s1. The summed E-state index contributed by atoms with van der Waals surface area (Å²) >= 11 is 1.50. The Bertz CT molecular complexity index is 695. The van der Waals surface area contributed by atoms with Crippen molar-refractivity contribution in [1.29, 1.82) is 10.5 Å². The Morgan fingerprint density at radius 3 is 2.65 bits per heavy atom. The summed E-state index contributed by atoms with van der Waals surface area (Å²) in [6.45, 7) is 0.692. The first kappa shape index (κ1) is 11.9. The Hall–Kier alpha value is -1.93. The predicted octanol–water partition coefficient (Wildman–Crippen LogP) is 0.937. The van der Waals surface area contributed by atoms with E-state index in [2.05, 4.69) is 17.1 Å². The summed E-state index contributed by atoms with van der Waals surface area (Å²) in [6, 6.07) is 8.26. The van der Waals surface area contributed by atoms with Gasteiger partial charge in [-0.05, 0) is 11.4 Å². The molecular formula is C13H10N4O2S. The highest BCUT2D eigenvalue weighted by molar-refractivity contribution is 7.10. The SMILES string of the molecule is N#C[C@@]12C(N)=NC3(OCCO3)[C@]1(C#N)[C@@H]2c1cccs1. The lowest BCUT2D eigenvalue weighted by Gasteiger charge is -2.25. The number of ether oxygens (including phenoxy) is 2. The zero-order valence-electron chi connectivity index (χ0n) is 10.4. The number of hydrogen-bond donors (Lipinski definition) is 1. The minimum Gasteiger partial charge on any atom is -0.386 e. The summed E-state index contributed by atoms with van der Waals surface area (Å²) < 4.78 is 11.2. The van der Waals surface area contributed by atoms with Crippen LogP contribution in [0.1, 0.15) is 10.8 Å². The average Bonchev–Trinajstić information content (AvgIpc) is 2.93. The van der Waals surface area contributed by atoms with Crippen molar-refractivity contribution in [2.45, 2.75) is 11.8 Å². The molecule has 0 aromatic carbocycles. The van der Waals surface area contributed by atoms with Gasteiger partial charge in [0.25, 0.3) is 5.91 Å². The first-order valence-electron chi connectivity index (χ1n) is 6.18. The molecule has 4 rings (SSSR count). The molecule has 1 aliphatic carbocycles. The van der Waals surface area contributed by atoms with E-state index in [0.717, 1.165) is 4.88 Å². The number of thiophene rings is 1. The lowest BCUT2D eigenvalue weighted by atomic mass is 9.94. The molecule has 1 saturated heterocycles. The van der Waals surface area contributed by atoms with Crippen molar-refractivity contribution >= 4 is 17.2 Å². The molecule has 2 aliphatic heterocycles. The Balaban J connectivity index is 1.96. The van der Waals surface area contributed by atoms with Crippen LogP contribution in [0, 0.1) is 33.5 Å². The van der Waals surface area contributed by atoms with Gasteiger partial charge >= 0.3 is 0 Å². The van der Waals surface area contributed by atoms with Crippen LogP contribution in [-0.4, -0.2) is 25.0 Å². The summed E-state index contributed by atoms with van der Waals surface area (Å²) in [7, 11) is 0. The number of fused-ring (bicyclic) bond motifs is 2. The second-order valence-electron chi connectivity index (χ2n) is 5.06. The zero-order valence-corrected chi connectivity index (χ0v) is 11.2. The molecule has 2 N–H and O–H groups in total. The molecule has 0 radical (unpaired) electrons. The van der Waals surface area contributed by atoms with Crippen LogP contribution in [0.15, 0.2) is 22.5 Å². The Labute approximate surface area is 119 Å². The third-order valence-corrected chi connectivity index (χ3v) is 5.37. The maximum atomic E-state index is 9.79. The van der Waals surface area contributed by atoms with Gasteiger partial charge < -0.3 is 15.2 Å². The van der Waals surface area contributed by atoms with Crippen LogP contribution in [0.2, 0.25) is 0 Å². The lowest BCUT2D eigenvalue weighted by Crippen LogP contribution is -2.38. The summed E-state index contributed by atoms with van der Waals surface area (Å²) in [5.74, 6) is -1.63. The molecule has 1 aromatic rings. The Morgan fingerprint density at radius 2 is 2.10 bits per heavy atom. The second kappa shape index (κ2) is 3.39. The van der Waals surface area contributed by atoms with Crippen LogP contribution in [-0.2, 0) is 9.47 Å². The van der Waals surface area contributed by atoms with Gasteiger partial charge in [-0.25, -0.2) is 4.99 Å². The van der Waals surface area contributed by atoms with Gasteiger partial charge in [-0.2, -0.15) is 10.5 Å². The van der Waals surface area contributed by atoms with E-state index in [0.29, 0.717) is 13.2 Å². The largest absolute Gasteiger partial charge is 0.386 e. The number of aliphatic imine (C=N–C) groups is 1. The molecule has 0 amide bonds. The van der Waals surface area contributed by atoms with Crippen molar-refractivity contribution in [3.63, 3.8) is 0 Å². The van der Waals surface area contributed by atoms with Crippen molar-refractivity contribution < 1.29 is 9.47 Å². The van der Waals surface area contributed by atoms with E-state index >= 15 is 0 Å². The fourth-order valence-corrected chi connectivity index (χ4v) is 4.56. The van der Waals surface area contributed by atoms with Gasteiger partial charge in [-0.3, -0.25) is 0 Å². The lowest BCUT2D eigenvalue weighted by molar-refractivity contribution is -0.184. The number of hydrogen-bond acceptors (Lipinski definition) is 7. The molecular weight excluding hydrogens is 276 g/mol.